The van der Waals surface area contributed by atoms with Gasteiger partial charge in [0.2, 0.25) is 0 Å². The molecule has 1 saturated carbocycles. The molecule has 0 bridgehead atoms. The summed E-state index contributed by atoms with van der Waals surface area (Å²) in [6.45, 7) is 12.9. The van der Waals surface area contributed by atoms with Gasteiger partial charge in [-0.2, -0.15) is 0 Å². The molecule has 0 aliphatic heterocycles. The molecule has 1 aromatic carbocycles. The first-order chi connectivity index (χ1) is 14.8. The van der Waals surface area contributed by atoms with Crippen molar-refractivity contribution in [3.05, 3.63) is 45.8 Å². The molecule has 178 valence electrons. The zero-order chi connectivity index (χ0) is 24.3. The van der Waals surface area contributed by atoms with E-state index in [9.17, 15) is 9.36 Å². The molecule has 0 radical (unpaired) electrons. The SMILES string of the molecule is COc1c(/C=C/C(=O)C(=C2CCCC2)P(=O)(OC)OC)cc(C(C)(C)C)cc1C(C)(C)C. The van der Waals surface area contributed by atoms with Gasteiger partial charge in [0.05, 0.1) is 7.11 Å². The van der Waals surface area contributed by atoms with Crippen LogP contribution in [0.3, 0.4) is 0 Å². The predicted octanol–water partition coefficient (Wildman–Crippen LogP) is 7.19. The summed E-state index contributed by atoms with van der Waals surface area (Å²) in [5.74, 6) is 0.403. The van der Waals surface area contributed by atoms with Gasteiger partial charge in [0.1, 0.15) is 11.1 Å². The highest BCUT2D eigenvalue weighted by atomic mass is 31.2. The molecule has 0 saturated heterocycles. The van der Waals surface area contributed by atoms with E-state index in [4.69, 9.17) is 13.8 Å². The molecule has 5 nitrogen and oxygen atoms in total. The van der Waals surface area contributed by atoms with Crippen LogP contribution in [0.4, 0.5) is 0 Å². The fraction of sp³-hybridized carbons (Fsp3) is 0.577. The second kappa shape index (κ2) is 10.1. The molecule has 0 unspecified atom stereocenters. The van der Waals surface area contributed by atoms with Gasteiger partial charge in [0, 0.05) is 25.3 Å². The number of ketones is 1. The molecule has 6 heteroatoms. The van der Waals surface area contributed by atoms with Gasteiger partial charge in [0.15, 0.2) is 5.78 Å². The Balaban J connectivity index is 2.63. The van der Waals surface area contributed by atoms with Gasteiger partial charge in [0.25, 0.3) is 0 Å². The molecule has 32 heavy (non-hydrogen) atoms. The van der Waals surface area contributed by atoms with Crippen molar-refractivity contribution in [3.8, 4) is 5.75 Å². The first-order valence-corrected chi connectivity index (χ1v) is 12.7. The van der Waals surface area contributed by atoms with Crippen molar-refractivity contribution in [2.75, 3.05) is 21.3 Å². The maximum Gasteiger partial charge on any atom is 0.364 e. The Morgan fingerprint density at radius 2 is 1.50 bits per heavy atom. The molecule has 0 heterocycles. The van der Waals surface area contributed by atoms with Crippen LogP contribution < -0.4 is 4.74 Å². The van der Waals surface area contributed by atoms with Gasteiger partial charge < -0.3 is 13.8 Å². The van der Waals surface area contributed by atoms with E-state index in [1.54, 1.807) is 13.2 Å². The number of rotatable bonds is 7. The normalized spacial score (nSPS) is 15.5. The third-order valence-corrected chi connectivity index (χ3v) is 7.99. The second-order valence-corrected chi connectivity index (χ2v) is 12.5. The number of ether oxygens (including phenoxy) is 1. The van der Waals surface area contributed by atoms with Gasteiger partial charge in [-0.15, -0.1) is 0 Å². The molecule has 0 atom stereocenters. The molecule has 0 spiro atoms. The maximum atomic E-state index is 13.3. The average Bonchev–Trinajstić information content (AvgIpc) is 3.24. The van der Waals surface area contributed by atoms with E-state index in [1.807, 2.05) is 0 Å². The standard InChI is InChI=1S/C26H39O5P/c1-25(2,3)20-16-19(23(29-7)21(17-20)26(4,5)6)14-15-22(27)24(18-12-10-11-13-18)32(28,30-8)31-9/h14-17H,10-13H2,1-9H3/b15-14+. The molecule has 0 aromatic heterocycles. The third kappa shape index (κ3) is 5.81. The molecule has 1 fully saturated rings. The Labute approximate surface area is 193 Å². The second-order valence-electron chi connectivity index (χ2n) is 10.4. The predicted molar refractivity (Wildman–Crippen MR) is 132 cm³/mol. The fourth-order valence-electron chi connectivity index (χ4n) is 4.04. The molecular formula is C26H39O5P. The van der Waals surface area contributed by atoms with E-state index < -0.39 is 7.60 Å². The topological polar surface area (TPSA) is 61.8 Å². The van der Waals surface area contributed by atoms with E-state index >= 15 is 0 Å². The lowest BCUT2D eigenvalue weighted by molar-refractivity contribution is -0.110. The number of hydrogen-bond acceptors (Lipinski definition) is 5. The van der Waals surface area contributed by atoms with Crippen LogP contribution in [0.1, 0.15) is 83.9 Å². The summed E-state index contributed by atoms with van der Waals surface area (Å²) in [7, 11) is 0.631. The highest BCUT2D eigenvalue weighted by Gasteiger charge is 2.36. The van der Waals surface area contributed by atoms with E-state index in [1.165, 1.54) is 20.3 Å². The lowest BCUT2D eigenvalue weighted by atomic mass is 9.79. The summed E-state index contributed by atoms with van der Waals surface area (Å²) >= 11 is 0. The third-order valence-electron chi connectivity index (χ3n) is 5.94. The number of carbonyl (C=O) groups excluding carboxylic acids is 1. The van der Waals surface area contributed by atoms with Crippen LogP contribution in [0.2, 0.25) is 0 Å². The maximum absolute atomic E-state index is 13.3. The smallest absolute Gasteiger partial charge is 0.364 e. The first-order valence-electron chi connectivity index (χ1n) is 11.2. The monoisotopic (exact) mass is 462 g/mol. The van der Waals surface area contributed by atoms with Gasteiger partial charge in [-0.3, -0.25) is 9.36 Å². The summed E-state index contributed by atoms with van der Waals surface area (Å²) in [4.78, 5) is 13.3. The Kier molecular flexibility index (Phi) is 8.36. The molecular weight excluding hydrogens is 423 g/mol. The van der Waals surface area contributed by atoms with E-state index in [2.05, 4.69) is 53.7 Å². The van der Waals surface area contributed by atoms with Crippen LogP contribution in [0.25, 0.3) is 6.08 Å². The van der Waals surface area contributed by atoms with Crippen LogP contribution in [0.5, 0.6) is 5.75 Å². The van der Waals surface area contributed by atoms with E-state index in [0.29, 0.717) is 0 Å². The quantitative estimate of drug-likeness (QED) is 0.317. The molecule has 0 amide bonds. The summed E-state index contributed by atoms with van der Waals surface area (Å²) < 4.78 is 29.4. The van der Waals surface area contributed by atoms with Gasteiger partial charge in [-0.25, -0.2) is 0 Å². The van der Waals surface area contributed by atoms with Crippen molar-refractivity contribution in [1.29, 1.82) is 0 Å². The Hall–Kier alpha value is -1.68. The first kappa shape index (κ1) is 26.6. The summed E-state index contributed by atoms with van der Waals surface area (Å²) in [6, 6.07) is 4.25. The summed E-state index contributed by atoms with van der Waals surface area (Å²) in [5, 5.41) is 0.179. The van der Waals surface area contributed by atoms with Crippen molar-refractivity contribution < 1.29 is 23.1 Å². The van der Waals surface area contributed by atoms with E-state index in [0.717, 1.165) is 53.7 Å². The highest BCUT2D eigenvalue weighted by Crippen LogP contribution is 2.58. The minimum Gasteiger partial charge on any atom is -0.496 e. The van der Waals surface area contributed by atoms with Crippen molar-refractivity contribution >= 4 is 19.5 Å². The highest BCUT2D eigenvalue weighted by molar-refractivity contribution is 7.60. The van der Waals surface area contributed by atoms with Crippen LogP contribution in [0, 0.1) is 0 Å². The van der Waals surface area contributed by atoms with Crippen molar-refractivity contribution in [2.24, 2.45) is 0 Å². The number of methoxy groups -OCH3 is 1. The summed E-state index contributed by atoms with van der Waals surface area (Å²) in [5.41, 5.74) is 3.71. The number of hydrogen-bond donors (Lipinski definition) is 0. The Morgan fingerprint density at radius 3 is 1.94 bits per heavy atom. The molecule has 0 N–H and O–H groups in total. The average molecular weight is 463 g/mol. The summed E-state index contributed by atoms with van der Waals surface area (Å²) in [6.07, 6.45) is 6.66. The van der Waals surface area contributed by atoms with Gasteiger partial charge in [-0.1, -0.05) is 53.2 Å². The lowest BCUT2D eigenvalue weighted by Crippen LogP contribution is -2.18. The van der Waals surface area contributed by atoms with Crippen molar-refractivity contribution in [1.82, 2.24) is 0 Å². The largest absolute Gasteiger partial charge is 0.496 e. The van der Waals surface area contributed by atoms with E-state index in [-0.39, 0.29) is 21.9 Å². The van der Waals surface area contributed by atoms with Gasteiger partial charge in [-0.05, 0) is 60.3 Å². The molecule has 2 rings (SSSR count). The Morgan fingerprint density at radius 1 is 0.938 bits per heavy atom. The van der Waals surface area contributed by atoms with Crippen molar-refractivity contribution in [2.45, 2.75) is 78.1 Å². The zero-order valence-electron chi connectivity index (χ0n) is 21.1. The molecule has 1 aliphatic rings. The minimum absolute atomic E-state index is 0.0718. The lowest BCUT2D eigenvalue weighted by Gasteiger charge is -2.28. The zero-order valence-corrected chi connectivity index (χ0v) is 22.0. The number of benzene rings is 1. The van der Waals surface area contributed by atoms with Crippen LogP contribution in [-0.2, 0) is 29.2 Å². The van der Waals surface area contributed by atoms with Crippen LogP contribution >= 0.6 is 7.60 Å². The van der Waals surface area contributed by atoms with Crippen molar-refractivity contribution in [3.63, 3.8) is 0 Å². The molecule has 1 aliphatic carbocycles. The Bertz CT molecular complexity index is 942. The van der Waals surface area contributed by atoms with Crippen LogP contribution in [0.15, 0.2) is 29.1 Å². The number of carbonyl (C=O) groups is 1. The van der Waals surface area contributed by atoms with Crippen LogP contribution in [-0.4, -0.2) is 27.1 Å². The minimum atomic E-state index is -3.66. The number of allylic oxidation sites excluding steroid dienone is 3. The molecule has 1 aromatic rings. The fourth-order valence-corrected chi connectivity index (χ4v) is 5.51. The van der Waals surface area contributed by atoms with Gasteiger partial charge >= 0.3 is 7.60 Å².